The van der Waals surface area contributed by atoms with Gasteiger partial charge >= 0.3 is 0 Å². The Labute approximate surface area is 145 Å². The molecular weight excluding hydrogens is 324 g/mol. The number of hydrogen-bond acceptors (Lipinski definition) is 2. The summed E-state index contributed by atoms with van der Waals surface area (Å²) in [6.45, 7) is 3.93. The van der Waals surface area contributed by atoms with Gasteiger partial charge in [-0.05, 0) is 43.7 Å². The Kier molecular flexibility index (Phi) is 4.71. The third-order valence-electron chi connectivity index (χ3n) is 3.87. The van der Waals surface area contributed by atoms with Crippen molar-refractivity contribution in [3.63, 3.8) is 0 Å². The number of aryl methyl sites for hydroxylation is 1. The number of nitrogens with zero attached hydrogens (tertiary/aromatic N) is 3. The number of rotatable bonds is 5. The number of carbonyl (C=O) groups excluding carboxylic acids is 1. The maximum atomic E-state index is 12.2. The molecule has 0 saturated carbocycles. The summed E-state index contributed by atoms with van der Waals surface area (Å²) < 4.78 is 3.59. The number of hydrogen-bond donors (Lipinski definition) is 1. The van der Waals surface area contributed by atoms with Crippen molar-refractivity contribution in [2.45, 2.75) is 26.4 Å². The molecule has 3 aromatic rings. The molecule has 1 amide bonds. The zero-order valence-corrected chi connectivity index (χ0v) is 14.4. The molecule has 2 aromatic heterocycles. The Morgan fingerprint density at radius 3 is 2.50 bits per heavy atom. The van der Waals surface area contributed by atoms with E-state index in [9.17, 15) is 4.79 Å². The van der Waals surface area contributed by atoms with Gasteiger partial charge in [0, 0.05) is 24.3 Å². The highest BCUT2D eigenvalue weighted by molar-refractivity contribution is 6.31. The summed E-state index contributed by atoms with van der Waals surface area (Å²) in [6.07, 6.45) is 5.65. The maximum absolute atomic E-state index is 12.2. The minimum atomic E-state index is -0.101. The van der Waals surface area contributed by atoms with Gasteiger partial charge in [0.15, 0.2) is 0 Å². The minimum Gasteiger partial charge on any atom is -0.348 e. The number of halogens is 1. The van der Waals surface area contributed by atoms with Gasteiger partial charge in [-0.3, -0.25) is 9.48 Å². The molecule has 124 valence electrons. The van der Waals surface area contributed by atoms with Crippen LogP contribution < -0.4 is 5.32 Å². The molecule has 0 aliphatic heterocycles. The number of aromatic nitrogens is 3. The Balaban J connectivity index is 1.61. The fourth-order valence-corrected chi connectivity index (χ4v) is 2.68. The smallest absolute Gasteiger partial charge is 0.242 e. The zero-order valence-electron chi connectivity index (χ0n) is 13.6. The highest BCUT2D eigenvalue weighted by Crippen LogP contribution is 2.16. The van der Waals surface area contributed by atoms with E-state index in [0.29, 0.717) is 5.02 Å². The summed E-state index contributed by atoms with van der Waals surface area (Å²) in [5, 5.41) is 7.74. The third kappa shape index (κ3) is 3.68. The Hall–Kier alpha value is -2.53. The molecule has 0 bridgehead atoms. The monoisotopic (exact) mass is 342 g/mol. The van der Waals surface area contributed by atoms with Crippen LogP contribution >= 0.6 is 11.6 Å². The van der Waals surface area contributed by atoms with Gasteiger partial charge in [0.25, 0.3) is 0 Å². The second kappa shape index (κ2) is 6.93. The molecule has 1 unspecified atom stereocenters. The molecule has 1 aromatic carbocycles. The first kappa shape index (κ1) is 16.3. The van der Waals surface area contributed by atoms with Crippen molar-refractivity contribution >= 4 is 17.5 Å². The van der Waals surface area contributed by atoms with Crippen molar-refractivity contribution in [1.82, 2.24) is 19.7 Å². The van der Waals surface area contributed by atoms with Crippen LogP contribution in [0.25, 0.3) is 5.69 Å². The predicted molar refractivity (Wildman–Crippen MR) is 94.3 cm³/mol. The molecule has 0 aliphatic rings. The molecule has 0 aliphatic carbocycles. The Morgan fingerprint density at radius 1 is 1.25 bits per heavy atom. The van der Waals surface area contributed by atoms with E-state index in [1.165, 1.54) is 0 Å². The minimum absolute atomic E-state index is 0.0802. The zero-order chi connectivity index (χ0) is 17.1. The summed E-state index contributed by atoms with van der Waals surface area (Å²) in [7, 11) is 0. The first-order valence-electron chi connectivity index (χ1n) is 7.75. The SMILES string of the molecule is Cc1nn(CC(=O)NC(C)c2ccc(-n3cccc3)cc2)cc1Cl. The van der Waals surface area contributed by atoms with Gasteiger partial charge in [-0.15, -0.1) is 0 Å². The fourth-order valence-electron chi connectivity index (χ4n) is 2.53. The Morgan fingerprint density at radius 2 is 1.92 bits per heavy atom. The van der Waals surface area contributed by atoms with E-state index in [1.54, 1.807) is 10.9 Å². The summed E-state index contributed by atoms with van der Waals surface area (Å²) in [5.74, 6) is -0.101. The van der Waals surface area contributed by atoms with Crippen LogP contribution in [0, 0.1) is 6.92 Å². The van der Waals surface area contributed by atoms with Crippen molar-refractivity contribution < 1.29 is 4.79 Å². The maximum Gasteiger partial charge on any atom is 0.242 e. The van der Waals surface area contributed by atoms with E-state index >= 15 is 0 Å². The van der Waals surface area contributed by atoms with E-state index in [4.69, 9.17) is 11.6 Å². The lowest BCUT2D eigenvalue weighted by molar-refractivity contribution is -0.122. The highest BCUT2D eigenvalue weighted by atomic mass is 35.5. The second-order valence-electron chi connectivity index (χ2n) is 5.73. The van der Waals surface area contributed by atoms with E-state index in [-0.39, 0.29) is 18.5 Å². The van der Waals surface area contributed by atoms with Crippen LogP contribution in [0.3, 0.4) is 0 Å². The summed E-state index contributed by atoms with van der Waals surface area (Å²) >= 11 is 5.95. The molecule has 0 saturated heterocycles. The lowest BCUT2D eigenvalue weighted by Gasteiger charge is -2.15. The first-order valence-corrected chi connectivity index (χ1v) is 8.13. The first-order chi connectivity index (χ1) is 11.5. The molecule has 0 radical (unpaired) electrons. The Bertz CT molecular complexity index is 802. The van der Waals surface area contributed by atoms with E-state index < -0.39 is 0 Å². The molecule has 0 spiro atoms. The average Bonchev–Trinajstić information content (AvgIpc) is 3.18. The molecule has 1 N–H and O–H groups in total. The van der Waals surface area contributed by atoms with Crippen LogP contribution in [0.1, 0.15) is 24.2 Å². The van der Waals surface area contributed by atoms with Gasteiger partial charge < -0.3 is 9.88 Å². The quantitative estimate of drug-likeness (QED) is 0.771. The molecule has 5 nitrogen and oxygen atoms in total. The number of amides is 1. The van der Waals surface area contributed by atoms with Gasteiger partial charge in [-0.2, -0.15) is 5.10 Å². The summed E-state index contributed by atoms with van der Waals surface area (Å²) in [5.41, 5.74) is 2.86. The molecule has 0 fully saturated rings. The molecule has 2 heterocycles. The molecule has 3 rings (SSSR count). The average molecular weight is 343 g/mol. The number of benzene rings is 1. The molecule has 1 atom stereocenters. The van der Waals surface area contributed by atoms with Crippen LogP contribution in [0.4, 0.5) is 0 Å². The van der Waals surface area contributed by atoms with Crippen molar-refractivity contribution in [3.05, 3.63) is 71.3 Å². The van der Waals surface area contributed by atoms with Gasteiger partial charge in [0.05, 0.1) is 16.8 Å². The van der Waals surface area contributed by atoms with Gasteiger partial charge in [-0.1, -0.05) is 23.7 Å². The van der Waals surface area contributed by atoms with Crippen LogP contribution in [-0.4, -0.2) is 20.3 Å². The van der Waals surface area contributed by atoms with Crippen LogP contribution in [0.2, 0.25) is 5.02 Å². The molecule has 24 heavy (non-hydrogen) atoms. The van der Waals surface area contributed by atoms with Crippen molar-refractivity contribution in [2.24, 2.45) is 0 Å². The van der Waals surface area contributed by atoms with Crippen LogP contribution in [0.5, 0.6) is 0 Å². The highest BCUT2D eigenvalue weighted by Gasteiger charge is 2.11. The van der Waals surface area contributed by atoms with E-state index in [0.717, 1.165) is 16.9 Å². The topological polar surface area (TPSA) is 51.9 Å². The second-order valence-corrected chi connectivity index (χ2v) is 6.14. The number of carbonyl (C=O) groups is 1. The lowest BCUT2D eigenvalue weighted by atomic mass is 10.1. The number of nitrogens with one attached hydrogen (secondary N) is 1. The normalized spacial score (nSPS) is 12.1. The third-order valence-corrected chi connectivity index (χ3v) is 4.24. The van der Waals surface area contributed by atoms with E-state index in [2.05, 4.69) is 10.4 Å². The summed E-state index contributed by atoms with van der Waals surface area (Å²) in [4.78, 5) is 12.2. The fraction of sp³-hybridized carbons (Fsp3) is 0.222. The van der Waals surface area contributed by atoms with E-state index in [1.807, 2.05) is 67.2 Å². The summed E-state index contributed by atoms with van der Waals surface area (Å²) in [6, 6.07) is 12.0. The van der Waals surface area contributed by atoms with Gasteiger partial charge in [-0.25, -0.2) is 0 Å². The molecule has 6 heteroatoms. The predicted octanol–water partition coefficient (Wildman–Crippen LogP) is 3.51. The van der Waals surface area contributed by atoms with Crippen LogP contribution in [0.15, 0.2) is 55.0 Å². The van der Waals surface area contributed by atoms with Crippen LogP contribution in [-0.2, 0) is 11.3 Å². The van der Waals surface area contributed by atoms with Crippen molar-refractivity contribution in [2.75, 3.05) is 0 Å². The standard InChI is InChI=1S/C18H19ClN4O/c1-13(20-18(24)12-23-11-17(19)14(2)21-23)15-5-7-16(8-6-15)22-9-3-4-10-22/h3-11,13H,12H2,1-2H3,(H,20,24). The molecular formula is C18H19ClN4O. The van der Waals surface area contributed by atoms with Gasteiger partial charge in [0.2, 0.25) is 5.91 Å². The van der Waals surface area contributed by atoms with Crippen molar-refractivity contribution in [1.29, 1.82) is 0 Å². The lowest BCUT2D eigenvalue weighted by Crippen LogP contribution is -2.30. The van der Waals surface area contributed by atoms with Gasteiger partial charge in [0.1, 0.15) is 6.54 Å². The van der Waals surface area contributed by atoms with Crippen molar-refractivity contribution in [3.8, 4) is 5.69 Å². The largest absolute Gasteiger partial charge is 0.348 e.